The molecule has 0 N–H and O–H groups in total. The lowest BCUT2D eigenvalue weighted by Crippen LogP contribution is -2.37. The topological polar surface area (TPSA) is 26.3 Å². The Hall–Kier alpha value is -1.81. The predicted octanol–water partition coefficient (Wildman–Crippen LogP) is 3.79. The zero-order valence-corrected chi connectivity index (χ0v) is 11.4. The number of hydrogen-bond donors (Lipinski definition) is 0. The van der Waals surface area contributed by atoms with Crippen molar-refractivity contribution in [3.8, 4) is 0 Å². The van der Waals surface area contributed by atoms with Gasteiger partial charge in [-0.3, -0.25) is 4.79 Å². The van der Waals surface area contributed by atoms with Gasteiger partial charge in [-0.05, 0) is 18.6 Å². The summed E-state index contributed by atoms with van der Waals surface area (Å²) in [4.78, 5) is 11.4. The standard InChI is InChI=1S/C16H18F2O2/c1-3-8-15(19)16(17,18)14(4-2)12-20-11-13-9-6-5-7-10-13/h3-10,14H,2,11-12H2,1H3/b8-3+. The van der Waals surface area contributed by atoms with Crippen LogP contribution in [0.3, 0.4) is 0 Å². The molecule has 1 rings (SSSR count). The Morgan fingerprint density at radius 1 is 1.40 bits per heavy atom. The van der Waals surface area contributed by atoms with Gasteiger partial charge in [-0.15, -0.1) is 6.58 Å². The molecule has 1 unspecified atom stereocenters. The van der Waals surface area contributed by atoms with Crippen molar-refractivity contribution in [2.24, 2.45) is 5.92 Å². The van der Waals surface area contributed by atoms with E-state index in [-0.39, 0.29) is 13.2 Å². The second kappa shape index (κ2) is 7.70. The quantitative estimate of drug-likeness (QED) is 0.535. The van der Waals surface area contributed by atoms with E-state index in [1.165, 1.54) is 13.0 Å². The summed E-state index contributed by atoms with van der Waals surface area (Å²) in [5.41, 5.74) is 0.887. The fourth-order valence-corrected chi connectivity index (χ4v) is 1.64. The fraction of sp³-hybridized carbons (Fsp3) is 0.312. The third kappa shape index (κ3) is 4.38. The van der Waals surface area contributed by atoms with Gasteiger partial charge in [0.15, 0.2) is 0 Å². The second-order valence-corrected chi connectivity index (χ2v) is 4.33. The predicted molar refractivity (Wildman–Crippen MR) is 74.6 cm³/mol. The van der Waals surface area contributed by atoms with E-state index in [4.69, 9.17) is 4.74 Å². The Morgan fingerprint density at radius 3 is 2.60 bits per heavy atom. The summed E-state index contributed by atoms with van der Waals surface area (Å²) in [6, 6.07) is 9.22. The van der Waals surface area contributed by atoms with Crippen LogP contribution in [0, 0.1) is 5.92 Å². The van der Waals surface area contributed by atoms with E-state index < -0.39 is 17.6 Å². The van der Waals surface area contributed by atoms with Crippen molar-refractivity contribution in [2.75, 3.05) is 6.61 Å². The van der Waals surface area contributed by atoms with Gasteiger partial charge in [0, 0.05) is 0 Å². The second-order valence-electron chi connectivity index (χ2n) is 4.33. The van der Waals surface area contributed by atoms with E-state index in [1.54, 1.807) is 0 Å². The van der Waals surface area contributed by atoms with E-state index in [0.29, 0.717) is 0 Å². The summed E-state index contributed by atoms with van der Waals surface area (Å²) >= 11 is 0. The third-order valence-electron chi connectivity index (χ3n) is 2.81. The maximum absolute atomic E-state index is 13.8. The molecule has 0 aliphatic carbocycles. The van der Waals surface area contributed by atoms with Gasteiger partial charge in [0.1, 0.15) is 0 Å². The van der Waals surface area contributed by atoms with Gasteiger partial charge in [0.2, 0.25) is 5.78 Å². The van der Waals surface area contributed by atoms with Crippen molar-refractivity contribution in [3.05, 3.63) is 60.7 Å². The van der Waals surface area contributed by atoms with Crippen molar-refractivity contribution in [1.82, 2.24) is 0 Å². The monoisotopic (exact) mass is 280 g/mol. The number of carbonyl (C=O) groups is 1. The molecule has 0 aliphatic rings. The van der Waals surface area contributed by atoms with Gasteiger partial charge in [-0.2, -0.15) is 8.78 Å². The molecule has 20 heavy (non-hydrogen) atoms. The van der Waals surface area contributed by atoms with E-state index in [9.17, 15) is 13.6 Å². The van der Waals surface area contributed by atoms with Crippen LogP contribution in [0.5, 0.6) is 0 Å². The lowest BCUT2D eigenvalue weighted by atomic mass is 9.98. The summed E-state index contributed by atoms with van der Waals surface area (Å²) in [6.07, 6.45) is 3.22. The Labute approximate surface area is 117 Å². The molecule has 0 aliphatic heterocycles. The van der Waals surface area contributed by atoms with Crippen LogP contribution in [0.15, 0.2) is 55.1 Å². The van der Waals surface area contributed by atoms with E-state index in [2.05, 4.69) is 6.58 Å². The minimum absolute atomic E-state index is 0.221. The molecular formula is C16H18F2O2. The third-order valence-corrected chi connectivity index (χ3v) is 2.81. The first-order valence-corrected chi connectivity index (χ1v) is 6.31. The van der Waals surface area contributed by atoms with Gasteiger partial charge in [-0.1, -0.05) is 42.5 Å². The largest absolute Gasteiger partial charge is 0.376 e. The molecule has 0 fully saturated rings. The van der Waals surface area contributed by atoms with Gasteiger partial charge in [-0.25, -0.2) is 0 Å². The van der Waals surface area contributed by atoms with Crippen molar-refractivity contribution >= 4 is 5.78 Å². The van der Waals surface area contributed by atoms with Crippen molar-refractivity contribution in [2.45, 2.75) is 19.5 Å². The maximum atomic E-state index is 13.8. The first kappa shape index (κ1) is 16.2. The number of ketones is 1. The Balaban J connectivity index is 2.59. The molecule has 0 saturated carbocycles. The Morgan fingerprint density at radius 2 is 2.05 bits per heavy atom. The number of carbonyl (C=O) groups excluding carboxylic acids is 1. The molecule has 1 aromatic carbocycles. The number of hydrogen-bond acceptors (Lipinski definition) is 2. The SMILES string of the molecule is C=CC(COCc1ccccc1)C(F)(F)C(=O)/C=C/C. The van der Waals surface area contributed by atoms with Crippen LogP contribution >= 0.6 is 0 Å². The summed E-state index contributed by atoms with van der Waals surface area (Å²) < 4.78 is 32.9. The smallest absolute Gasteiger partial charge is 0.317 e. The number of halogens is 2. The number of allylic oxidation sites excluding steroid dienone is 2. The van der Waals surface area contributed by atoms with E-state index >= 15 is 0 Å². The highest BCUT2D eigenvalue weighted by Gasteiger charge is 2.43. The lowest BCUT2D eigenvalue weighted by molar-refractivity contribution is -0.146. The highest BCUT2D eigenvalue weighted by atomic mass is 19.3. The Bertz CT molecular complexity index is 467. The molecule has 0 heterocycles. The molecule has 0 aromatic heterocycles. The molecule has 1 atom stereocenters. The van der Waals surface area contributed by atoms with Crippen LogP contribution in [0.25, 0.3) is 0 Å². The van der Waals surface area contributed by atoms with Crippen LogP contribution < -0.4 is 0 Å². The molecular weight excluding hydrogens is 262 g/mol. The summed E-state index contributed by atoms with van der Waals surface area (Å²) in [5, 5.41) is 0. The van der Waals surface area contributed by atoms with Crippen LogP contribution in [-0.4, -0.2) is 18.3 Å². The Kier molecular flexibility index (Phi) is 6.25. The van der Waals surface area contributed by atoms with Crippen LogP contribution in [-0.2, 0) is 16.1 Å². The number of ether oxygens (including phenoxy) is 1. The number of benzene rings is 1. The van der Waals surface area contributed by atoms with E-state index in [1.807, 2.05) is 30.3 Å². The average molecular weight is 280 g/mol. The normalized spacial score (nSPS) is 13.3. The highest BCUT2D eigenvalue weighted by Crippen LogP contribution is 2.28. The van der Waals surface area contributed by atoms with Crippen LogP contribution in [0.4, 0.5) is 8.78 Å². The van der Waals surface area contributed by atoms with E-state index in [0.717, 1.165) is 17.7 Å². The summed E-state index contributed by atoms with van der Waals surface area (Å²) in [5.74, 6) is -6.06. The lowest BCUT2D eigenvalue weighted by Gasteiger charge is -2.21. The molecule has 1 aromatic rings. The van der Waals surface area contributed by atoms with Crippen LogP contribution in [0.2, 0.25) is 0 Å². The molecule has 4 heteroatoms. The number of rotatable bonds is 8. The van der Waals surface area contributed by atoms with Crippen molar-refractivity contribution < 1.29 is 18.3 Å². The zero-order valence-electron chi connectivity index (χ0n) is 11.4. The molecule has 0 amide bonds. The molecule has 0 spiro atoms. The zero-order chi connectivity index (χ0) is 15.0. The summed E-state index contributed by atoms with van der Waals surface area (Å²) in [7, 11) is 0. The minimum Gasteiger partial charge on any atom is -0.376 e. The highest BCUT2D eigenvalue weighted by molar-refractivity contribution is 5.96. The van der Waals surface area contributed by atoms with Gasteiger partial charge >= 0.3 is 5.92 Å². The average Bonchev–Trinajstić information content (AvgIpc) is 2.44. The fourth-order valence-electron chi connectivity index (χ4n) is 1.64. The van der Waals surface area contributed by atoms with Crippen molar-refractivity contribution in [3.63, 3.8) is 0 Å². The molecule has 0 bridgehead atoms. The molecule has 0 radical (unpaired) electrons. The molecule has 2 nitrogen and oxygen atoms in total. The van der Waals surface area contributed by atoms with Crippen LogP contribution in [0.1, 0.15) is 12.5 Å². The maximum Gasteiger partial charge on any atom is 0.317 e. The van der Waals surface area contributed by atoms with Gasteiger partial charge in [0.25, 0.3) is 0 Å². The van der Waals surface area contributed by atoms with Crippen molar-refractivity contribution in [1.29, 1.82) is 0 Å². The molecule has 0 saturated heterocycles. The van der Waals surface area contributed by atoms with Gasteiger partial charge in [0.05, 0.1) is 19.1 Å². The molecule has 108 valence electrons. The first-order chi connectivity index (χ1) is 9.52. The minimum atomic E-state index is -3.50. The first-order valence-electron chi connectivity index (χ1n) is 6.31. The van der Waals surface area contributed by atoms with Gasteiger partial charge < -0.3 is 4.74 Å². The number of alkyl halides is 2. The summed E-state index contributed by atoms with van der Waals surface area (Å²) in [6.45, 7) is 4.84.